The maximum absolute atomic E-state index is 6.38. The van der Waals surface area contributed by atoms with Crippen LogP contribution in [0.15, 0.2) is 24.3 Å². The molecule has 1 aromatic rings. The van der Waals surface area contributed by atoms with E-state index in [4.69, 9.17) is 17.3 Å². The molecule has 2 N–H and O–H groups in total. The molecule has 2 rings (SSSR count). The van der Waals surface area contributed by atoms with Gasteiger partial charge in [-0.25, -0.2) is 0 Å². The van der Waals surface area contributed by atoms with Crippen molar-refractivity contribution in [3.8, 4) is 0 Å². The molecule has 0 radical (unpaired) electrons. The number of halogens is 1. The molecular weight excluding hydrogens is 256 g/mol. The van der Waals surface area contributed by atoms with Gasteiger partial charge in [0, 0.05) is 17.1 Å². The van der Waals surface area contributed by atoms with Crippen LogP contribution in [0.5, 0.6) is 0 Å². The molecule has 3 unspecified atom stereocenters. The Morgan fingerprint density at radius 3 is 2.53 bits per heavy atom. The van der Waals surface area contributed by atoms with Gasteiger partial charge < -0.3 is 5.73 Å². The number of nitrogens with zero attached hydrogens (tertiary/aromatic N) is 1. The first kappa shape index (κ1) is 14.8. The zero-order valence-corrected chi connectivity index (χ0v) is 12.9. The minimum atomic E-state index is 0.117. The van der Waals surface area contributed by atoms with Crippen LogP contribution < -0.4 is 5.73 Å². The predicted octanol–water partition coefficient (Wildman–Crippen LogP) is 3.85. The second-order valence-corrected chi connectivity index (χ2v) is 6.19. The molecule has 1 saturated carbocycles. The molecule has 0 spiro atoms. The van der Waals surface area contributed by atoms with Gasteiger partial charge in [0.15, 0.2) is 0 Å². The van der Waals surface area contributed by atoms with E-state index in [1.807, 2.05) is 18.2 Å². The van der Waals surface area contributed by atoms with Gasteiger partial charge >= 0.3 is 0 Å². The van der Waals surface area contributed by atoms with Crippen LogP contribution >= 0.6 is 11.6 Å². The van der Waals surface area contributed by atoms with Gasteiger partial charge in [-0.2, -0.15) is 0 Å². The third kappa shape index (κ3) is 3.31. The van der Waals surface area contributed by atoms with Gasteiger partial charge in [0.25, 0.3) is 0 Å². The van der Waals surface area contributed by atoms with Crippen LogP contribution in [0.2, 0.25) is 5.02 Å². The molecule has 0 bridgehead atoms. The summed E-state index contributed by atoms with van der Waals surface area (Å²) in [6, 6.07) is 8.98. The van der Waals surface area contributed by atoms with Crippen LogP contribution in [0.3, 0.4) is 0 Å². The first-order valence-corrected chi connectivity index (χ1v) is 7.66. The van der Waals surface area contributed by atoms with Gasteiger partial charge in [-0.05, 0) is 50.8 Å². The molecule has 19 heavy (non-hydrogen) atoms. The fourth-order valence-corrected chi connectivity index (χ4v) is 3.10. The maximum Gasteiger partial charge on any atom is 0.0513 e. The van der Waals surface area contributed by atoms with E-state index in [1.165, 1.54) is 12.8 Å². The van der Waals surface area contributed by atoms with Gasteiger partial charge in [-0.1, -0.05) is 36.7 Å². The second kappa shape index (κ2) is 6.25. The van der Waals surface area contributed by atoms with Gasteiger partial charge in [0.2, 0.25) is 0 Å². The lowest BCUT2D eigenvalue weighted by Crippen LogP contribution is -2.43. The summed E-state index contributed by atoms with van der Waals surface area (Å²) in [6.45, 7) is 4.45. The zero-order chi connectivity index (χ0) is 14.0. The largest absolute Gasteiger partial charge is 0.326 e. The summed E-state index contributed by atoms with van der Waals surface area (Å²) < 4.78 is 0. The first-order valence-electron chi connectivity index (χ1n) is 7.28. The number of hydrogen-bond donors (Lipinski definition) is 1. The summed E-state index contributed by atoms with van der Waals surface area (Å²) in [6.07, 6.45) is 3.65. The van der Waals surface area contributed by atoms with Crippen molar-refractivity contribution in [1.29, 1.82) is 0 Å². The zero-order valence-electron chi connectivity index (χ0n) is 12.1. The third-order valence-corrected chi connectivity index (χ3v) is 4.83. The lowest BCUT2D eigenvalue weighted by Gasteiger charge is -2.37. The SMILES string of the molecule is CCC(N)C(c1ccccc1Cl)N(C)C(C)C1CC1. The summed E-state index contributed by atoms with van der Waals surface area (Å²) in [7, 11) is 2.19. The van der Waals surface area contributed by atoms with E-state index in [-0.39, 0.29) is 12.1 Å². The van der Waals surface area contributed by atoms with Crippen molar-refractivity contribution in [2.75, 3.05) is 7.05 Å². The van der Waals surface area contributed by atoms with Crippen molar-refractivity contribution in [2.45, 2.75) is 51.2 Å². The number of benzene rings is 1. The molecule has 3 heteroatoms. The molecule has 1 aliphatic carbocycles. The molecule has 106 valence electrons. The van der Waals surface area contributed by atoms with Crippen LogP contribution in [-0.2, 0) is 0 Å². The monoisotopic (exact) mass is 280 g/mol. The predicted molar refractivity (Wildman–Crippen MR) is 82.4 cm³/mol. The Morgan fingerprint density at radius 2 is 2.00 bits per heavy atom. The highest BCUT2D eigenvalue weighted by molar-refractivity contribution is 6.31. The quantitative estimate of drug-likeness (QED) is 0.858. The normalized spacial score (nSPS) is 20.3. The average Bonchev–Trinajstić information content (AvgIpc) is 3.24. The summed E-state index contributed by atoms with van der Waals surface area (Å²) in [5.41, 5.74) is 7.54. The highest BCUT2D eigenvalue weighted by Crippen LogP contribution is 2.39. The van der Waals surface area contributed by atoms with E-state index < -0.39 is 0 Å². The van der Waals surface area contributed by atoms with E-state index >= 15 is 0 Å². The van der Waals surface area contributed by atoms with E-state index in [1.54, 1.807) is 0 Å². The van der Waals surface area contributed by atoms with E-state index in [2.05, 4.69) is 31.9 Å². The summed E-state index contributed by atoms with van der Waals surface area (Å²) in [4.78, 5) is 2.42. The van der Waals surface area contributed by atoms with Gasteiger partial charge in [-0.15, -0.1) is 0 Å². The molecule has 1 fully saturated rings. The van der Waals surface area contributed by atoms with Crippen molar-refractivity contribution in [1.82, 2.24) is 4.90 Å². The van der Waals surface area contributed by atoms with Crippen LogP contribution in [0.4, 0.5) is 0 Å². The van der Waals surface area contributed by atoms with Crippen LogP contribution in [-0.4, -0.2) is 24.0 Å². The van der Waals surface area contributed by atoms with Crippen LogP contribution in [0, 0.1) is 5.92 Å². The van der Waals surface area contributed by atoms with E-state index in [0.29, 0.717) is 6.04 Å². The Morgan fingerprint density at radius 1 is 1.37 bits per heavy atom. The van der Waals surface area contributed by atoms with Crippen LogP contribution in [0.1, 0.15) is 44.7 Å². The average molecular weight is 281 g/mol. The highest BCUT2D eigenvalue weighted by Gasteiger charge is 2.35. The van der Waals surface area contributed by atoms with Crippen LogP contribution in [0.25, 0.3) is 0 Å². The first-order chi connectivity index (χ1) is 9.06. The Labute approximate surface area is 121 Å². The molecule has 0 saturated heterocycles. The lowest BCUT2D eigenvalue weighted by atomic mass is 9.94. The molecule has 3 atom stereocenters. The number of hydrogen-bond acceptors (Lipinski definition) is 2. The standard InChI is InChI=1S/C16H25ClN2/c1-4-15(18)16(13-7-5-6-8-14(13)17)19(3)11(2)12-9-10-12/h5-8,11-12,15-16H,4,9-10,18H2,1-3H3. The molecule has 0 aliphatic heterocycles. The van der Waals surface area contributed by atoms with Crippen molar-refractivity contribution in [3.05, 3.63) is 34.9 Å². The lowest BCUT2D eigenvalue weighted by molar-refractivity contribution is 0.143. The van der Waals surface area contributed by atoms with E-state index in [9.17, 15) is 0 Å². The Kier molecular flexibility index (Phi) is 4.88. The molecule has 2 nitrogen and oxygen atoms in total. The maximum atomic E-state index is 6.38. The van der Waals surface area contributed by atoms with Gasteiger partial charge in [0.1, 0.15) is 0 Å². The van der Waals surface area contributed by atoms with Crippen molar-refractivity contribution < 1.29 is 0 Å². The molecule has 1 aliphatic rings. The number of likely N-dealkylation sites (N-methyl/N-ethyl adjacent to an activating group) is 1. The summed E-state index contributed by atoms with van der Waals surface area (Å²) in [5, 5.41) is 0.825. The molecule has 0 amide bonds. The molecule has 1 aromatic carbocycles. The van der Waals surface area contributed by atoms with Gasteiger partial charge in [-0.3, -0.25) is 4.90 Å². The molecular formula is C16H25ClN2. The smallest absolute Gasteiger partial charge is 0.0513 e. The Balaban J connectivity index is 2.27. The molecule has 0 aromatic heterocycles. The molecule has 0 heterocycles. The Bertz CT molecular complexity index is 417. The second-order valence-electron chi connectivity index (χ2n) is 5.78. The number of nitrogens with two attached hydrogens (primary N) is 1. The summed E-state index contributed by atoms with van der Waals surface area (Å²) >= 11 is 6.38. The third-order valence-electron chi connectivity index (χ3n) is 4.49. The van der Waals surface area contributed by atoms with Crippen molar-refractivity contribution in [3.63, 3.8) is 0 Å². The fourth-order valence-electron chi connectivity index (χ4n) is 2.85. The van der Waals surface area contributed by atoms with Gasteiger partial charge in [0.05, 0.1) is 6.04 Å². The topological polar surface area (TPSA) is 29.3 Å². The minimum absolute atomic E-state index is 0.117. The number of rotatable bonds is 6. The van der Waals surface area contributed by atoms with Crippen molar-refractivity contribution in [2.24, 2.45) is 11.7 Å². The highest BCUT2D eigenvalue weighted by atomic mass is 35.5. The summed E-state index contributed by atoms with van der Waals surface area (Å²) in [5.74, 6) is 0.832. The minimum Gasteiger partial charge on any atom is -0.326 e. The fraction of sp³-hybridized carbons (Fsp3) is 0.625. The van der Waals surface area contributed by atoms with E-state index in [0.717, 1.165) is 22.9 Å². The van der Waals surface area contributed by atoms with Crippen molar-refractivity contribution >= 4 is 11.6 Å². The Hall–Kier alpha value is -0.570.